The Balaban J connectivity index is 1.72. The third-order valence-corrected chi connectivity index (χ3v) is 4.00. The van der Waals surface area contributed by atoms with Gasteiger partial charge in [-0.2, -0.15) is 0 Å². The summed E-state index contributed by atoms with van der Waals surface area (Å²) >= 11 is 0. The zero-order chi connectivity index (χ0) is 20.2. The van der Waals surface area contributed by atoms with Gasteiger partial charge in [-0.25, -0.2) is 0 Å². The molecule has 0 saturated carbocycles. The van der Waals surface area contributed by atoms with Gasteiger partial charge in [0.05, 0.1) is 26.9 Å². The Morgan fingerprint density at radius 2 is 1.57 bits per heavy atom. The number of methoxy groups -OCH3 is 1. The van der Waals surface area contributed by atoms with Crippen molar-refractivity contribution in [2.24, 2.45) is 0 Å². The Labute approximate surface area is 166 Å². The number of hydrogen-bond acceptors (Lipinski definition) is 5. The fourth-order valence-corrected chi connectivity index (χ4v) is 2.63. The minimum atomic E-state index is -0.00910. The summed E-state index contributed by atoms with van der Waals surface area (Å²) in [5.41, 5.74) is 1.04. The molecule has 0 heterocycles. The highest BCUT2D eigenvalue weighted by Crippen LogP contribution is 2.29. The van der Waals surface area contributed by atoms with Crippen LogP contribution in [-0.4, -0.2) is 39.4 Å². The van der Waals surface area contributed by atoms with Crippen LogP contribution >= 0.6 is 0 Å². The molecule has 1 N–H and O–H groups in total. The summed E-state index contributed by atoms with van der Waals surface area (Å²) in [4.78, 5) is 12.1. The molecule has 0 radical (unpaired) electrons. The first-order chi connectivity index (χ1) is 13.7. The fraction of sp³-hybridized carbons (Fsp3) is 0.409. The summed E-state index contributed by atoms with van der Waals surface area (Å²) in [5.74, 6) is 2.96. The summed E-state index contributed by atoms with van der Waals surface area (Å²) in [6, 6.07) is 13.1. The van der Waals surface area contributed by atoms with Crippen molar-refractivity contribution in [1.82, 2.24) is 5.32 Å². The van der Waals surface area contributed by atoms with Crippen molar-refractivity contribution in [2.45, 2.75) is 26.7 Å². The normalized spacial score (nSPS) is 10.2. The lowest BCUT2D eigenvalue weighted by Gasteiger charge is -2.12. The van der Waals surface area contributed by atoms with E-state index >= 15 is 0 Å². The lowest BCUT2D eigenvalue weighted by Crippen LogP contribution is -2.28. The molecular weight excluding hydrogens is 358 g/mol. The van der Waals surface area contributed by atoms with Gasteiger partial charge in [-0.05, 0) is 62.2 Å². The van der Waals surface area contributed by atoms with E-state index in [2.05, 4.69) is 5.32 Å². The first kappa shape index (κ1) is 21.4. The van der Waals surface area contributed by atoms with Crippen LogP contribution < -0.4 is 24.3 Å². The lowest BCUT2D eigenvalue weighted by atomic mass is 10.1. The molecule has 0 bridgehead atoms. The number of amides is 1. The van der Waals surface area contributed by atoms with E-state index in [-0.39, 0.29) is 5.91 Å². The maximum atomic E-state index is 12.1. The largest absolute Gasteiger partial charge is 0.497 e. The molecule has 6 nitrogen and oxygen atoms in total. The van der Waals surface area contributed by atoms with Gasteiger partial charge in [0.15, 0.2) is 11.5 Å². The topological polar surface area (TPSA) is 66.0 Å². The van der Waals surface area contributed by atoms with Gasteiger partial charge >= 0.3 is 0 Å². The van der Waals surface area contributed by atoms with Crippen LogP contribution in [0.25, 0.3) is 0 Å². The average Bonchev–Trinajstić information content (AvgIpc) is 2.72. The maximum absolute atomic E-state index is 12.1. The summed E-state index contributed by atoms with van der Waals surface area (Å²) in [6.45, 7) is 5.89. The van der Waals surface area contributed by atoms with Crippen LogP contribution in [0, 0.1) is 0 Å². The van der Waals surface area contributed by atoms with Crippen molar-refractivity contribution in [2.75, 3.05) is 33.5 Å². The zero-order valence-corrected chi connectivity index (χ0v) is 16.8. The highest BCUT2D eigenvalue weighted by Gasteiger charge is 2.08. The zero-order valence-electron chi connectivity index (χ0n) is 16.8. The van der Waals surface area contributed by atoms with E-state index in [1.54, 1.807) is 7.11 Å². The number of hydrogen-bond donors (Lipinski definition) is 1. The summed E-state index contributed by atoms with van der Waals surface area (Å²) in [7, 11) is 1.62. The number of ether oxygens (including phenoxy) is 4. The Morgan fingerprint density at radius 1 is 0.893 bits per heavy atom. The fourth-order valence-electron chi connectivity index (χ4n) is 2.63. The molecule has 6 heteroatoms. The quantitative estimate of drug-likeness (QED) is 0.564. The summed E-state index contributed by atoms with van der Waals surface area (Å²) in [6.07, 6.45) is 1.04. The molecule has 0 aliphatic rings. The molecule has 2 aromatic rings. The van der Waals surface area contributed by atoms with Gasteiger partial charge in [-0.3, -0.25) is 4.79 Å². The molecule has 2 rings (SSSR count). The van der Waals surface area contributed by atoms with Gasteiger partial charge in [0, 0.05) is 6.42 Å². The van der Waals surface area contributed by atoms with Crippen LogP contribution in [0.15, 0.2) is 42.5 Å². The molecule has 1 amide bonds. The lowest BCUT2D eigenvalue weighted by molar-refractivity contribution is -0.121. The van der Waals surface area contributed by atoms with Crippen LogP contribution in [0.5, 0.6) is 23.0 Å². The third kappa shape index (κ3) is 7.02. The third-order valence-electron chi connectivity index (χ3n) is 4.00. The smallest absolute Gasteiger partial charge is 0.220 e. The van der Waals surface area contributed by atoms with Crippen molar-refractivity contribution in [3.63, 3.8) is 0 Å². The van der Waals surface area contributed by atoms with Gasteiger partial charge in [0.1, 0.15) is 18.1 Å². The van der Waals surface area contributed by atoms with E-state index in [1.165, 1.54) is 0 Å². The minimum absolute atomic E-state index is 0.00910. The molecule has 0 aromatic heterocycles. The van der Waals surface area contributed by atoms with Crippen LogP contribution in [0.2, 0.25) is 0 Å². The van der Waals surface area contributed by atoms with Crippen molar-refractivity contribution >= 4 is 5.91 Å². The molecule has 152 valence electrons. The Morgan fingerprint density at radius 3 is 2.25 bits per heavy atom. The highest BCUT2D eigenvalue weighted by atomic mass is 16.5. The second-order valence-corrected chi connectivity index (χ2v) is 6.02. The van der Waals surface area contributed by atoms with E-state index in [0.717, 1.165) is 28.6 Å². The van der Waals surface area contributed by atoms with Crippen LogP contribution in [0.1, 0.15) is 25.8 Å². The van der Waals surface area contributed by atoms with Gasteiger partial charge in [0.2, 0.25) is 5.91 Å². The molecule has 0 saturated heterocycles. The Hall–Kier alpha value is -2.89. The predicted molar refractivity (Wildman–Crippen MR) is 109 cm³/mol. The van der Waals surface area contributed by atoms with Crippen molar-refractivity contribution in [3.05, 3.63) is 48.0 Å². The van der Waals surface area contributed by atoms with Crippen molar-refractivity contribution in [3.8, 4) is 23.0 Å². The molecule has 0 fully saturated rings. The van der Waals surface area contributed by atoms with Crippen molar-refractivity contribution in [1.29, 1.82) is 0 Å². The Kier molecular flexibility index (Phi) is 8.98. The van der Waals surface area contributed by atoms with E-state index in [0.29, 0.717) is 39.2 Å². The number of carbonyl (C=O) groups excluding carboxylic acids is 1. The first-order valence-electron chi connectivity index (χ1n) is 9.58. The monoisotopic (exact) mass is 387 g/mol. The van der Waals surface area contributed by atoms with E-state index in [9.17, 15) is 4.79 Å². The SMILES string of the molecule is CCOc1ccc(CCC(=O)NCCOc2ccc(OC)cc2)cc1OCC. The second-order valence-electron chi connectivity index (χ2n) is 6.02. The second kappa shape index (κ2) is 11.7. The van der Waals surface area contributed by atoms with Gasteiger partial charge in [-0.15, -0.1) is 0 Å². The van der Waals surface area contributed by atoms with Crippen molar-refractivity contribution < 1.29 is 23.7 Å². The molecular formula is C22H29NO5. The maximum Gasteiger partial charge on any atom is 0.220 e. The molecule has 0 spiro atoms. The van der Waals surface area contributed by atoms with Gasteiger partial charge in [0.25, 0.3) is 0 Å². The van der Waals surface area contributed by atoms with Crippen LogP contribution in [0.3, 0.4) is 0 Å². The van der Waals surface area contributed by atoms with Gasteiger partial charge in [-0.1, -0.05) is 6.07 Å². The average molecular weight is 387 g/mol. The predicted octanol–water partition coefficient (Wildman–Crippen LogP) is 3.62. The number of rotatable bonds is 12. The molecule has 0 unspecified atom stereocenters. The van der Waals surface area contributed by atoms with Crippen LogP contribution in [-0.2, 0) is 11.2 Å². The highest BCUT2D eigenvalue weighted by molar-refractivity contribution is 5.76. The Bertz CT molecular complexity index is 730. The number of aryl methyl sites for hydroxylation is 1. The summed E-state index contributed by atoms with van der Waals surface area (Å²) < 4.78 is 21.9. The molecule has 0 aliphatic carbocycles. The molecule has 0 atom stereocenters. The molecule has 0 aliphatic heterocycles. The number of carbonyl (C=O) groups is 1. The van der Waals surface area contributed by atoms with Crippen LogP contribution in [0.4, 0.5) is 0 Å². The van der Waals surface area contributed by atoms with Gasteiger partial charge < -0.3 is 24.3 Å². The minimum Gasteiger partial charge on any atom is -0.497 e. The number of nitrogens with one attached hydrogen (secondary N) is 1. The van der Waals surface area contributed by atoms with E-state index in [4.69, 9.17) is 18.9 Å². The van der Waals surface area contributed by atoms with E-state index < -0.39 is 0 Å². The van der Waals surface area contributed by atoms with E-state index in [1.807, 2.05) is 56.3 Å². The molecule has 2 aromatic carbocycles. The summed E-state index contributed by atoms with van der Waals surface area (Å²) in [5, 5.41) is 2.87. The number of benzene rings is 2. The molecule has 28 heavy (non-hydrogen) atoms. The first-order valence-corrected chi connectivity index (χ1v) is 9.58. The standard InChI is InChI=1S/C22H29NO5/c1-4-26-20-12-6-17(16-21(20)27-5-2)7-13-22(24)23-14-15-28-19-10-8-18(25-3)9-11-19/h6,8-12,16H,4-5,7,13-15H2,1-3H3,(H,23,24).